The minimum atomic E-state index is -0.152. The third-order valence-corrected chi connectivity index (χ3v) is 3.44. The van der Waals surface area contributed by atoms with Crippen molar-refractivity contribution in [1.82, 2.24) is 20.0 Å². The summed E-state index contributed by atoms with van der Waals surface area (Å²) in [5.74, 6) is 0.0402. The summed E-state index contributed by atoms with van der Waals surface area (Å²) in [5, 5.41) is 7.86. The lowest BCUT2D eigenvalue weighted by atomic mass is 10.2. The normalized spacial score (nSPS) is 20.9. The van der Waals surface area contributed by atoms with Crippen molar-refractivity contribution < 1.29 is 4.79 Å². The molecule has 0 bridgehead atoms. The van der Waals surface area contributed by atoms with Crippen LogP contribution in [0, 0.1) is 6.92 Å². The van der Waals surface area contributed by atoms with Gasteiger partial charge in [0, 0.05) is 13.6 Å². The lowest BCUT2D eigenvalue weighted by molar-refractivity contribution is -0.118. The molecule has 1 N–H and O–H groups in total. The summed E-state index contributed by atoms with van der Waals surface area (Å²) in [6.07, 6.45) is 0.848. The van der Waals surface area contributed by atoms with Crippen LogP contribution in [0.15, 0.2) is 0 Å². The third-order valence-electron chi connectivity index (χ3n) is 2.97. The number of aryl methyl sites for hydroxylation is 2. The van der Waals surface area contributed by atoms with E-state index in [2.05, 4.69) is 22.2 Å². The second-order valence-corrected chi connectivity index (χ2v) is 4.73. The molecule has 1 aromatic heterocycles. The van der Waals surface area contributed by atoms with E-state index in [0.717, 1.165) is 24.4 Å². The molecule has 0 radical (unpaired) electrons. The van der Waals surface area contributed by atoms with Gasteiger partial charge in [-0.05, 0) is 13.3 Å². The average molecular weight is 257 g/mol. The van der Waals surface area contributed by atoms with Gasteiger partial charge in [0.15, 0.2) is 0 Å². The molecule has 6 heteroatoms. The van der Waals surface area contributed by atoms with E-state index in [4.69, 9.17) is 11.6 Å². The van der Waals surface area contributed by atoms with E-state index >= 15 is 0 Å². The van der Waals surface area contributed by atoms with Gasteiger partial charge in [0.1, 0.15) is 6.17 Å². The van der Waals surface area contributed by atoms with Gasteiger partial charge in [-0.25, -0.2) is 0 Å². The molecule has 2 heterocycles. The fraction of sp³-hybridized carbons (Fsp3) is 0.636. The Labute approximate surface area is 106 Å². The molecule has 1 fully saturated rings. The van der Waals surface area contributed by atoms with Gasteiger partial charge in [0.25, 0.3) is 0 Å². The first-order valence-corrected chi connectivity index (χ1v) is 6.14. The van der Waals surface area contributed by atoms with Crippen molar-refractivity contribution in [3.05, 3.63) is 16.4 Å². The second-order valence-electron chi connectivity index (χ2n) is 4.35. The molecule has 0 saturated carbocycles. The Kier molecular flexibility index (Phi) is 3.40. The Morgan fingerprint density at radius 2 is 2.29 bits per heavy atom. The van der Waals surface area contributed by atoms with Gasteiger partial charge in [-0.2, -0.15) is 5.10 Å². The Morgan fingerprint density at radius 1 is 1.59 bits per heavy atom. The number of halogens is 1. The highest BCUT2D eigenvalue weighted by atomic mass is 35.5. The van der Waals surface area contributed by atoms with Gasteiger partial charge in [0.05, 0.1) is 23.0 Å². The number of amides is 1. The molecule has 1 amide bonds. The van der Waals surface area contributed by atoms with E-state index in [1.54, 1.807) is 4.68 Å². The molecule has 1 aliphatic heterocycles. The van der Waals surface area contributed by atoms with Gasteiger partial charge in [-0.1, -0.05) is 18.5 Å². The molecule has 0 aliphatic carbocycles. The third kappa shape index (κ3) is 2.17. The van der Waals surface area contributed by atoms with Crippen molar-refractivity contribution in [2.75, 3.05) is 13.1 Å². The van der Waals surface area contributed by atoms with Gasteiger partial charge in [0.2, 0.25) is 5.91 Å². The highest BCUT2D eigenvalue weighted by molar-refractivity contribution is 6.32. The second kappa shape index (κ2) is 4.66. The fourth-order valence-electron chi connectivity index (χ4n) is 2.25. The molecule has 1 saturated heterocycles. The highest BCUT2D eigenvalue weighted by Gasteiger charge is 2.34. The van der Waals surface area contributed by atoms with Crippen LogP contribution in [0.5, 0.6) is 0 Å². The summed E-state index contributed by atoms with van der Waals surface area (Å²) in [4.78, 5) is 13.6. The largest absolute Gasteiger partial charge is 0.334 e. The van der Waals surface area contributed by atoms with Crippen LogP contribution in [0.25, 0.3) is 0 Å². The molecule has 2 rings (SSSR count). The molecule has 1 unspecified atom stereocenters. The lowest BCUT2D eigenvalue weighted by Gasteiger charge is -2.22. The molecule has 17 heavy (non-hydrogen) atoms. The molecular weight excluding hydrogens is 240 g/mol. The van der Waals surface area contributed by atoms with Gasteiger partial charge >= 0.3 is 0 Å². The molecule has 0 spiro atoms. The minimum absolute atomic E-state index is 0.0402. The Hall–Kier alpha value is -1.07. The maximum Gasteiger partial charge on any atom is 0.235 e. The number of carbonyl (C=O) groups excluding carboxylic acids is 1. The van der Waals surface area contributed by atoms with Gasteiger partial charge in [-0.3, -0.25) is 14.4 Å². The predicted molar refractivity (Wildman–Crippen MR) is 65.7 cm³/mol. The highest BCUT2D eigenvalue weighted by Crippen LogP contribution is 2.30. The van der Waals surface area contributed by atoms with Crippen molar-refractivity contribution in [2.24, 2.45) is 7.05 Å². The SMILES string of the molecule is CCCN1CC(=O)NC1c1c(Cl)c(C)nn1C. The Morgan fingerprint density at radius 3 is 2.82 bits per heavy atom. The quantitative estimate of drug-likeness (QED) is 0.885. The van der Waals surface area contributed by atoms with Crippen molar-refractivity contribution in [3.8, 4) is 0 Å². The first kappa shape index (κ1) is 12.4. The molecule has 1 aromatic rings. The van der Waals surface area contributed by atoms with E-state index < -0.39 is 0 Å². The number of rotatable bonds is 3. The van der Waals surface area contributed by atoms with E-state index in [9.17, 15) is 4.79 Å². The molecule has 1 atom stereocenters. The molecule has 94 valence electrons. The van der Waals surface area contributed by atoms with Crippen molar-refractivity contribution >= 4 is 17.5 Å². The summed E-state index contributed by atoms with van der Waals surface area (Å²) >= 11 is 6.25. The number of nitrogens with zero attached hydrogens (tertiary/aromatic N) is 3. The van der Waals surface area contributed by atoms with Crippen LogP contribution < -0.4 is 5.32 Å². The number of hydrogen-bond acceptors (Lipinski definition) is 3. The van der Waals surface area contributed by atoms with Crippen LogP contribution in [-0.4, -0.2) is 33.7 Å². The zero-order valence-corrected chi connectivity index (χ0v) is 11.1. The van der Waals surface area contributed by atoms with Crippen molar-refractivity contribution in [3.63, 3.8) is 0 Å². The maximum absolute atomic E-state index is 11.5. The van der Waals surface area contributed by atoms with Crippen LogP contribution in [0.4, 0.5) is 0 Å². The van der Waals surface area contributed by atoms with Crippen LogP contribution >= 0.6 is 11.6 Å². The molecular formula is C11H17ClN4O. The van der Waals surface area contributed by atoms with E-state index in [0.29, 0.717) is 11.6 Å². The van der Waals surface area contributed by atoms with Crippen LogP contribution in [0.1, 0.15) is 30.9 Å². The maximum atomic E-state index is 11.5. The number of hydrogen-bond donors (Lipinski definition) is 1. The summed E-state index contributed by atoms with van der Waals surface area (Å²) in [6, 6.07) is 0. The van der Waals surface area contributed by atoms with E-state index in [1.165, 1.54) is 0 Å². The van der Waals surface area contributed by atoms with Crippen molar-refractivity contribution in [1.29, 1.82) is 0 Å². The fourth-order valence-corrected chi connectivity index (χ4v) is 2.51. The first-order chi connectivity index (χ1) is 8.04. The summed E-state index contributed by atoms with van der Waals surface area (Å²) in [7, 11) is 1.85. The Balaban J connectivity index is 2.34. The first-order valence-electron chi connectivity index (χ1n) is 5.77. The number of aromatic nitrogens is 2. The summed E-state index contributed by atoms with van der Waals surface area (Å²) < 4.78 is 1.75. The Bertz CT molecular complexity index is 443. The molecule has 0 aromatic carbocycles. The van der Waals surface area contributed by atoms with E-state index in [1.807, 2.05) is 14.0 Å². The molecule has 5 nitrogen and oxygen atoms in total. The van der Waals surface area contributed by atoms with Crippen LogP contribution in [0.2, 0.25) is 5.02 Å². The van der Waals surface area contributed by atoms with Gasteiger partial charge in [-0.15, -0.1) is 0 Å². The standard InChI is InChI=1S/C11H17ClN4O/c1-4-5-16-6-8(17)13-11(16)10-9(12)7(2)14-15(10)3/h11H,4-6H2,1-3H3,(H,13,17). The smallest absolute Gasteiger partial charge is 0.235 e. The predicted octanol–water partition coefficient (Wildman–Crippen LogP) is 1.22. The van der Waals surface area contributed by atoms with Crippen molar-refractivity contribution in [2.45, 2.75) is 26.4 Å². The van der Waals surface area contributed by atoms with Crippen LogP contribution in [-0.2, 0) is 11.8 Å². The minimum Gasteiger partial charge on any atom is -0.334 e. The zero-order chi connectivity index (χ0) is 12.6. The monoisotopic (exact) mass is 256 g/mol. The lowest BCUT2D eigenvalue weighted by Crippen LogP contribution is -2.30. The average Bonchev–Trinajstić information content (AvgIpc) is 2.70. The topological polar surface area (TPSA) is 50.2 Å². The van der Waals surface area contributed by atoms with Gasteiger partial charge < -0.3 is 5.32 Å². The number of carbonyl (C=O) groups is 1. The number of nitrogens with one attached hydrogen (secondary N) is 1. The molecule has 1 aliphatic rings. The van der Waals surface area contributed by atoms with E-state index in [-0.39, 0.29) is 12.1 Å². The zero-order valence-electron chi connectivity index (χ0n) is 10.3. The van der Waals surface area contributed by atoms with Crippen LogP contribution in [0.3, 0.4) is 0 Å². The summed E-state index contributed by atoms with van der Waals surface area (Å²) in [6.45, 7) is 5.26. The summed E-state index contributed by atoms with van der Waals surface area (Å²) in [5.41, 5.74) is 1.66.